The van der Waals surface area contributed by atoms with E-state index in [-0.39, 0.29) is 48.0 Å². The number of amides is 1. The number of hydrogen-bond donors (Lipinski definition) is 1. The van der Waals surface area contributed by atoms with Crippen molar-refractivity contribution in [3.05, 3.63) is 41.9 Å². The van der Waals surface area contributed by atoms with Gasteiger partial charge >= 0.3 is 0 Å². The molecule has 256 valence electrons. The average Bonchev–Trinajstić information content (AvgIpc) is 3.46. The van der Waals surface area contributed by atoms with Crippen LogP contribution in [0.1, 0.15) is 50.6 Å². The molecule has 1 N–H and O–H groups in total. The Bertz CT molecular complexity index is 1330. The van der Waals surface area contributed by atoms with E-state index < -0.39 is 24.2 Å². The minimum Gasteiger partial charge on any atom is -0.379 e. The topological polar surface area (TPSA) is 96.5 Å². The molecule has 3 saturated carbocycles. The van der Waals surface area contributed by atoms with Gasteiger partial charge in [-0.25, -0.2) is 4.39 Å². The third kappa shape index (κ3) is 6.05. The molecule has 47 heavy (non-hydrogen) atoms. The fourth-order valence-corrected chi connectivity index (χ4v) is 9.97. The number of carbonyl (C=O) groups is 2. The second-order valence-electron chi connectivity index (χ2n) is 14.9. The molecular formula is C36H50FN5O5. The van der Waals surface area contributed by atoms with Gasteiger partial charge in [0.15, 0.2) is 5.78 Å². The summed E-state index contributed by atoms with van der Waals surface area (Å²) < 4.78 is 35.5. The quantitative estimate of drug-likeness (QED) is 0.425. The van der Waals surface area contributed by atoms with Crippen LogP contribution in [-0.2, 0) is 30.2 Å². The fourth-order valence-electron chi connectivity index (χ4n) is 9.97. The van der Waals surface area contributed by atoms with Crippen molar-refractivity contribution >= 4 is 11.7 Å². The Labute approximate surface area is 277 Å². The van der Waals surface area contributed by atoms with E-state index in [0.717, 1.165) is 57.8 Å². The summed E-state index contributed by atoms with van der Waals surface area (Å²) in [5, 5.41) is 3.55. The number of rotatable bonds is 8. The first-order chi connectivity index (χ1) is 23.0. The number of Topliss-reactive ketones (excluding diaryl/α,β-unsaturated/α-hetero) is 1. The molecule has 11 heteroatoms. The molecule has 6 fully saturated rings. The number of pyridine rings is 1. The standard InChI is InChI=1S/C36H50FN5O5/c1-40(12-9-22-6-4-5-10-38-22)36(44)26-21-42-28-20-30-24(23-7-2-3-8-29(23)46-30)19-31(28)47-35-32(27(37)18-25(33(35)42)34(26)43)39-11-13-41-14-16-45-17-15-41/h4-6,10,21,23-25,27-33,35,39H,2-3,7-9,11-20H2,1H3. The highest BCUT2D eigenvalue weighted by molar-refractivity contribution is 6.20. The maximum absolute atomic E-state index is 16.3. The van der Waals surface area contributed by atoms with Gasteiger partial charge < -0.3 is 29.3 Å². The number of alkyl halides is 1. The van der Waals surface area contributed by atoms with Crippen LogP contribution < -0.4 is 5.32 Å². The van der Waals surface area contributed by atoms with E-state index in [1.165, 1.54) is 19.3 Å². The molecule has 0 bridgehead atoms. The van der Waals surface area contributed by atoms with Crippen molar-refractivity contribution in [2.45, 2.75) is 100 Å². The summed E-state index contributed by atoms with van der Waals surface area (Å²) in [6.07, 6.45) is 9.42. The fraction of sp³-hybridized carbons (Fsp3) is 0.750. The van der Waals surface area contributed by atoms with Gasteiger partial charge in [0, 0.05) is 70.2 Å². The SMILES string of the molecule is CN(CCc1ccccn1)C(=O)C1=CN2C3CC4OC5CCCCC5C4CC3OC3C(NCCN4CCOCC4)C(F)CC(C1=O)C32. The van der Waals surface area contributed by atoms with Gasteiger partial charge in [-0.1, -0.05) is 18.9 Å². The number of nitrogens with one attached hydrogen (secondary N) is 1. The van der Waals surface area contributed by atoms with Crippen LogP contribution in [0.3, 0.4) is 0 Å². The second-order valence-corrected chi connectivity index (χ2v) is 14.9. The van der Waals surface area contributed by atoms with Crippen molar-refractivity contribution < 1.29 is 28.2 Å². The van der Waals surface area contributed by atoms with Crippen molar-refractivity contribution in [1.82, 2.24) is 25.0 Å². The first-order valence-electron chi connectivity index (χ1n) is 18.1. The summed E-state index contributed by atoms with van der Waals surface area (Å²) >= 11 is 0. The van der Waals surface area contributed by atoms with Crippen molar-refractivity contribution in [3.63, 3.8) is 0 Å². The summed E-state index contributed by atoms with van der Waals surface area (Å²) in [6, 6.07) is 4.90. The lowest BCUT2D eigenvalue weighted by Crippen LogP contribution is -2.73. The monoisotopic (exact) mass is 651 g/mol. The van der Waals surface area contributed by atoms with Crippen LogP contribution in [0.15, 0.2) is 36.2 Å². The van der Waals surface area contributed by atoms with Crippen LogP contribution in [0.4, 0.5) is 4.39 Å². The van der Waals surface area contributed by atoms with E-state index in [1.54, 1.807) is 18.1 Å². The van der Waals surface area contributed by atoms with Crippen LogP contribution in [0.5, 0.6) is 0 Å². The predicted octanol–water partition coefficient (Wildman–Crippen LogP) is 2.37. The van der Waals surface area contributed by atoms with Gasteiger partial charge in [0.25, 0.3) is 5.91 Å². The Kier molecular flexibility index (Phi) is 9.11. The van der Waals surface area contributed by atoms with Gasteiger partial charge in [0.05, 0.1) is 61.3 Å². The number of aromatic nitrogens is 1. The van der Waals surface area contributed by atoms with Crippen LogP contribution in [0.2, 0.25) is 0 Å². The smallest absolute Gasteiger partial charge is 0.258 e. The number of nitrogens with zero attached hydrogens (tertiary/aromatic N) is 4. The van der Waals surface area contributed by atoms with E-state index >= 15 is 4.39 Å². The van der Waals surface area contributed by atoms with E-state index in [4.69, 9.17) is 14.2 Å². The molecule has 7 aliphatic rings. The summed E-state index contributed by atoms with van der Waals surface area (Å²) in [7, 11) is 1.74. The number of ketones is 1. The number of morpholine rings is 2. The lowest BCUT2D eigenvalue weighted by atomic mass is 9.67. The zero-order valence-corrected chi connectivity index (χ0v) is 27.6. The second kappa shape index (κ2) is 13.5. The third-order valence-corrected chi connectivity index (χ3v) is 12.4. The highest BCUT2D eigenvalue weighted by Crippen LogP contribution is 2.52. The Balaban J connectivity index is 1.06. The molecule has 0 aromatic carbocycles. The zero-order chi connectivity index (χ0) is 32.1. The first kappa shape index (κ1) is 31.8. The zero-order valence-electron chi connectivity index (χ0n) is 27.6. The molecule has 3 aliphatic carbocycles. The molecule has 4 aliphatic heterocycles. The predicted molar refractivity (Wildman–Crippen MR) is 172 cm³/mol. The van der Waals surface area contributed by atoms with E-state index in [1.807, 2.05) is 24.4 Å². The third-order valence-electron chi connectivity index (χ3n) is 12.4. The largest absolute Gasteiger partial charge is 0.379 e. The lowest BCUT2D eigenvalue weighted by Gasteiger charge is -2.60. The van der Waals surface area contributed by atoms with Crippen molar-refractivity contribution in [3.8, 4) is 0 Å². The summed E-state index contributed by atoms with van der Waals surface area (Å²) in [4.78, 5) is 38.7. The molecular weight excluding hydrogens is 601 g/mol. The summed E-state index contributed by atoms with van der Waals surface area (Å²) in [6.45, 7) is 5.12. The summed E-state index contributed by atoms with van der Waals surface area (Å²) in [5.41, 5.74) is 1.06. The Hall–Kier alpha value is -2.44. The minimum atomic E-state index is -1.25. The lowest BCUT2D eigenvalue weighted by molar-refractivity contribution is -0.209. The molecule has 5 heterocycles. The number of carbonyl (C=O) groups excluding carboxylic acids is 2. The number of ether oxygens (including phenoxy) is 3. The molecule has 10 nitrogen and oxygen atoms in total. The van der Waals surface area contributed by atoms with Crippen molar-refractivity contribution in [2.24, 2.45) is 17.8 Å². The Morgan fingerprint density at radius 3 is 2.74 bits per heavy atom. The average molecular weight is 652 g/mol. The molecule has 1 aromatic heterocycles. The molecule has 1 amide bonds. The minimum absolute atomic E-state index is 0.0139. The molecule has 8 rings (SSSR count). The number of fused-ring (bicyclic) bond motifs is 5. The van der Waals surface area contributed by atoms with Gasteiger partial charge in [0.1, 0.15) is 6.17 Å². The van der Waals surface area contributed by atoms with Crippen molar-refractivity contribution in [2.75, 3.05) is 53.0 Å². The van der Waals surface area contributed by atoms with Crippen LogP contribution in [0, 0.1) is 17.8 Å². The Morgan fingerprint density at radius 1 is 1.06 bits per heavy atom. The highest BCUT2D eigenvalue weighted by Gasteiger charge is 2.61. The van der Waals surface area contributed by atoms with Crippen molar-refractivity contribution in [1.29, 1.82) is 0 Å². The van der Waals surface area contributed by atoms with Crippen LogP contribution in [-0.4, -0.2) is 133 Å². The van der Waals surface area contributed by atoms with Gasteiger partial charge in [-0.15, -0.1) is 0 Å². The molecule has 3 saturated heterocycles. The summed E-state index contributed by atoms with van der Waals surface area (Å²) in [5.74, 6) is -0.178. The molecule has 11 atom stereocenters. The maximum atomic E-state index is 16.3. The van der Waals surface area contributed by atoms with E-state index in [0.29, 0.717) is 37.5 Å². The number of halogens is 1. The van der Waals surface area contributed by atoms with E-state index in [2.05, 4.69) is 20.1 Å². The van der Waals surface area contributed by atoms with Crippen LogP contribution in [0.25, 0.3) is 0 Å². The molecule has 1 aromatic rings. The van der Waals surface area contributed by atoms with Gasteiger partial charge in [0.2, 0.25) is 0 Å². The van der Waals surface area contributed by atoms with E-state index in [9.17, 15) is 9.59 Å². The molecule has 0 radical (unpaired) electrons. The van der Waals surface area contributed by atoms with Gasteiger partial charge in [-0.05, 0) is 56.1 Å². The number of likely N-dealkylation sites (N-methyl/N-ethyl adjacent to an activating group) is 1. The van der Waals surface area contributed by atoms with Gasteiger partial charge in [-0.3, -0.25) is 19.5 Å². The van der Waals surface area contributed by atoms with Crippen LogP contribution >= 0.6 is 0 Å². The normalized spacial score (nSPS) is 39.7. The highest BCUT2D eigenvalue weighted by atomic mass is 19.1. The first-order valence-corrected chi connectivity index (χ1v) is 18.1. The van der Waals surface area contributed by atoms with Gasteiger partial charge in [-0.2, -0.15) is 0 Å². The Morgan fingerprint density at radius 2 is 1.91 bits per heavy atom. The number of hydrogen-bond acceptors (Lipinski definition) is 9. The molecule has 11 unspecified atom stereocenters. The maximum Gasteiger partial charge on any atom is 0.258 e. The molecule has 0 spiro atoms.